The highest BCUT2D eigenvalue weighted by Gasteiger charge is 2.25. The van der Waals surface area contributed by atoms with Crippen molar-refractivity contribution in [1.29, 1.82) is 0 Å². The van der Waals surface area contributed by atoms with Crippen LogP contribution in [0.3, 0.4) is 0 Å². The van der Waals surface area contributed by atoms with Crippen LogP contribution in [-0.2, 0) is 0 Å². The molecule has 0 atom stereocenters. The van der Waals surface area contributed by atoms with Crippen LogP contribution in [0.2, 0.25) is 0 Å². The van der Waals surface area contributed by atoms with Gasteiger partial charge in [-0.2, -0.15) is 0 Å². The summed E-state index contributed by atoms with van der Waals surface area (Å²) in [5.41, 5.74) is 7.99. The summed E-state index contributed by atoms with van der Waals surface area (Å²) in [7, 11) is 0. The van der Waals surface area contributed by atoms with Crippen molar-refractivity contribution in [2.75, 3.05) is 36.0 Å². The summed E-state index contributed by atoms with van der Waals surface area (Å²) in [4.78, 5) is 5.29. The topological polar surface area (TPSA) is 6.48 Å². The predicted molar refractivity (Wildman–Crippen MR) is 287 cm³/mol. The summed E-state index contributed by atoms with van der Waals surface area (Å²) >= 11 is 0. The van der Waals surface area contributed by atoms with Gasteiger partial charge in [-0.05, 0) is 193 Å². The molecule has 0 radical (unpaired) electrons. The maximum absolute atomic E-state index is 2.64. The van der Waals surface area contributed by atoms with E-state index < -0.39 is 0 Å². The quantitative estimate of drug-likeness (QED) is 0.129. The largest absolute Gasteiger partial charge is 0.372 e. The molecule has 15 rings (SSSR count). The van der Waals surface area contributed by atoms with E-state index >= 15 is 0 Å². The summed E-state index contributed by atoms with van der Waals surface area (Å²) in [6.07, 6.45) is 7.60. The van der Waals surface area contributed by atoms with Crippen LogP contribution >= 0.6 is 0 Å². The van der Waals surface area contributed by atoms with Gasteiger partial charge in [0.1, 0.15) is 0 Å². The van der Waals surface area contributed by atoms with Crippen LogP contribution < -0.4 is 9.80 Å². The summed E-state index contributed by atoms with van der Waals surface area (Å²) < 4.78 is 0. The lowest BCUT2D eigenvalue weighted by Gasteiger charge is -2.31. The van der Waals surface area contributed by atoms with E-state index in [1.807, 2.05) is 0 Å². The summed E-state index contributed by atoms with van der Waals surface area (Å²) in [6.45, 7) is 4.43. The second kappa shape index (κ2) is 14.0. The average Bonchev–Trinajstić information content (AvgIpc) is 3.39. The van der Waals surface area contributed by atoms with Gasteiger partial charge in [0.05, 0.1) is 0 Å². The minimum Gasteiger partial charge on any atom is -0.372 e. The highest BCUT2D eigenvalue weighted by atomic mass is 15.1. The van der Waals surface area contributed by atoms with Crippen LogP contribution in [0.4, 0.5) is 11.4 Å². The smallest absolute Gasteiger partial charge is 0.0372 e. The highest BCUT2D eigenvalue weighted by molar-refractivity contribution is 6.37. The molecule has 2 aliphatic rings. The molecule has 0 N–H and O–H groups in total. The first-order valence-corrected chi connectivity index (χ1v) is 24.5. The number of hydrogen-bond donors (Lipinski definition) is 0. The van der Waals surface area contributed by atoms with Crippen molar-refractivity contribution in [3.05, 3.63) is 170 Å². The molecule has 0 aliphatic carbocycles. The van der Waals surface area contributed by atoms with Gasteiger partial charge in [-0.1, -0.05) is 146 Å². The predicted octanol–water partition coefficient (Wildman–Crippen LogP) is 17.4. The SMILES string of the molecule is c1cc2cccc3c4ccc(-c5c6ccc(N7CCCCC7)cc6c(-c6ccc7c8cccc9cccc(c%10cccc6c%107)c98)c6ccc(N7CCCCC7)cc56)c5cccc(c(c1)c23)c54. The normalized spacial score (nSPS) is 15.2. The molecule has 314 valence electrons. The average molecular weight is 845 g/mol. The number of rotatable bonds is 4. The van der Waals surface area contributed by atoms with Gasteiger partial charge in [0.15, 0.2) is 0 Å². The molecule has 2 fully saturated rings. The van der Waals surface area contributed by atoms with Gasteiger partial charge in [-0.3, -0.25) is 0 Å². The minimum atomic E-state index is 1.11. The van der Waals surface area contributed by atoms with Crippen LogP contribution in [0, 0.1) is 0 Å². The van der Waals surface area contributed by atoms with Crippen molar-refractivity contribution < 1.29 is 0 Å². The Morgan fingerprint density at radius 2 is 0.561 bits per heavy atom. The molecule has 2 aliphatic heterocycles. The Morgan fingerprint density at radius 3 is 0.955 bits per heavy atom. The van der Waals surface area contributed by atoms with E-state index in [0.717, 1.165) is 26.2 Å². The Labute approximate surface area is 383 Å². The molecule has 2 nitrogen and oxygen atoms in total. The van der Waals surface area contributed by atoms with Crippen LogP contribution in [0.25, 0.3) is 130 Å². The van der Waals surface area contributed by atoms with Crippen LogP contribution in [0.15, 0.2) is 170 Å². The van der Waals surface area contributed by atoms with E-state index in [-0.39, 0.29) is 0 Å². The molecule has 2 heterocycles. The van der Waals surface area contributed by atoms with Gasteiger partial charge >= 0.3 is 0 Å². The van der Waals surface area contributed by atoms with Crippen molar-refractivity contribution in [3.63, 3.8) is 0 Å². The second-order valence-electron chi connectivity index (χ2n) is 19.5. The zero-order valence-electron chi connectivity index (χ0n) is 37.1. The number of fused-ring (bicyclic) bond motifs is 6. The molecule has 0 amide bonds. The third kappa shape index (κ3) is 5.13. The van der Waals surface area contributed by atoms with E-state index in [2.05, 4.69) is 180 Å². The lowest BCUT2D eigenvalue weighted by Crippen LogP contribution is -2.29. The molecule has 13 aromatic carbocycles. The van der Waals surface area contributed by atoms with E-state index in [4.69, 9.17) is 0 Å². The molecule has 2 heteroatoms. The Morgan fingerprint density at radius 1 is 0.242 bits per heavy atom. The van der Waals surface area contributed by atoms with Crippen LogP contribution in [0.5, 0.6) is 0 Å². The standard InChI is InChI=1S/C64H48N2/c1-3-33-65(34-4-1)41-25-27-55-57(37-41)63(53-31-29-51-45-19-9-15-39-13-7-17-43(59(39)45)47-21-11-23-49(53)61(47)51)56-28-26-42(66-35-5-2-6-36-66)38-58(56)64(55)54-32-30-52-46-20-10-16-40-14-8-18-44(60(40)46)48-22-12-24-50(54)62(48)52/h7-32,37-38H,1-6,33-36H2. The third-order valence-electron chi connectivity index (χ3n) is 16.1. The van der Waals surface area contributed by atoms with Gasteiger partial charge in [-0.25, -0.2) is 0 Å². The molecule has 13 aromatic rings. The number of hydrogen-bond acceptors (Lipinski definition) is 2. The zero-order chi connectivity index (χ0) is 43.0. The van der Waals surface area contributed by atoms with Crippen LogP contribution in [0.1, 0.15) is 38.5 Å². The Kier molecular flexibility index (Phi) is 7.84. The summed E-state index contributed by atoms with van der Waals surface area (Å²) in [5.74, 6) is 0. The maximum atomic E-state index is 2.64. The first-order valence-electron chi connectivity index (χ1n) is 24.5. The minimum absolute atomic E-state index is 1.11. The fraction of sp³-hybridized carbons (Fsp3) is 0.156. The first-order chi connectivity index (χ1) is 32.8. The van der Waals surface area contributed by atoms with Gasteiger partial charge < -0.3 is 9.80 Å². The number of piperidine rings is 2. The lowest BCUT2D eigenvalue weighted by molar-refractivity contribution is 0.578. The molecule has 0 aromatic heterocycles. The van der Waals surface area contributed by atoms with Gasteiger partial charge in [-0.15, -0.1) is 0 Å². The second-order valence-corrected chi connectivity index (χ2v) is 19.5. The third-order valence-corrected chi connectivity index (χ3v) is 16.1. The summed E-state index contributed by atoms with van der Waals surface area (Å²) in [5, 5.41) is 26.7. The van der Waals surface area contributed by atoms with Crippen molar-refractivity contribution in [1.82, 2.24) is 0 Å². The maximum Gasteiger partial charge on any atom is 0.0372 e. The van der Waals surface area contributed by atoms with Gasteiger partial charge in [0.2, 0.25) is 0 Å². The van der Waals surface area contributed by atoms with E-state index in [0.29, 0.717) is 0 Å². The van der Waals surface area contributed by atoms with Crippen molar-refractivity contribution in [2.24, 2.45) is 0 Å². The lowest BCUT2D eigenvalue weighted by atomic mass is 9.81. The Hall–Kier alpha value is -7.42. The number of anilines is 2. The van der Waals surface area contributed by atoms with E-state index in [1.165, 1.54) is 180 Å². The molecule has 0 bridgehead atoms. The van der Waals surface area contributed by atoms with Gasteiger partial charge in [0.25, 0.3) is 0 Å². The molecule has 0 saturated carbocycles. The van der Waals surface area contributed by atoms with Crippen molar-refractivity contribution >= 4 is 119 Å². The van der Waals surface area contributed by atoms with Crippen LogP contribution in [-0.4, -0.2) is 26.2 Å². The molecule has 0 spiro atoms. The monoisotopic (exact) mass is 844 g/mol. The van der Waals surface area contributed by atoms with Crippen molar-refractivity contribution in [2.45, 2.75) is 38.5 Å². The number of nitrogens with zero attached hydrogens (tertiary/aromatic N) is 2. The molecular formula is C64H48N2. The fourth-order valence-corrected chi connectivity index (χ4v) is 13.2. The summed E-state index contributed by atoms with van der Waals surface area (Å²) in [6, 6.07) is 66.3. The highest BCUT2D eigenvalue weighted by Crippen LogP contribution is 2.52. The first kappa shape index (κ1) is 36.9. The van der Waals surface area contributed by atoms with E-state index in [1.54, 1.807) is 0 Å². The van der Waals surface area contributed by atoms with E-state index in [9.17, 15) is 0 Å². The Bertz CT molecular complexity index is 3760. The molecule has 66 heavy (non-hydrogen) atoms. The van der Waals surface area contributed by atoms with Gasteiger partial charge in [0, 0.05) is 37.6 Å². The fourth-order valence-electron chi connectivity index (χ4n) is 13.2. The zero-order valence-corrected chi connectivity index (χ0v) is 37.1. The molecule has 2 saturated heterocycles. The molecule has 0 unspecified atom stereocenters. The number of benzene rings is 13. The molecular weight excluding hydrogens is 797 g/mol. The van der Waals surface area contributed by atoms with Crippen molar-refractivity contribution in [3.8, 4) is 22.3 Å². The Balaban J connectivity index is 1.10.